The minimum atomic E-state index is -0.116. The van der Waals surface area contributed by atoms with Crippen molar-refractivity contribution in [3.8, 4) is 0 Å². The van der Waals surface area contributed by atoms with E-state index in [1.807, 2.05) is 42.5 Å². The second kappa shape index (κ2) is 16.4. The molecule has 2 aromatic carbocycles. The van der Waals surface area contributed by atoms with Crippen molar-refractivity contribution >= 4 is 35.4 Å². The number of unbranched alkanes of at least 4 members (excludes halogenated alkanes) is 3. The van der Waals surface area contributed by atoms with Gasteiger partial charge in [-0.3, -0.25) is 9.59 Å². The van der Waals surface area contributed by atoms with E-state index in [9.17, 15) is 9.59 Å². The lowest BCUT2D eigenvalue weighted by atomic mass is 10.1. The van der Waals surface area contributed by atoms with Gasteiger partial charge in [-0.05, 0) is 55.2 Å². The van der Waals surface area contributed by atoms with Gasteiger partial charge in [0.15, 0.2) is 0 Å². The van der Waals surface area contributed by atoms with Crippen molar-refractivity contribution in [2.24, 2.45) is 9.98 Å². The zero-order valence-electron chi connectivity index (χ0n) is 20.9. The van der Waals surface area contributed by atoms with E-state index in [1.54, 1.807) is 30.5 Å². The summed E-state index contributed by atoms with van der Waals surface area (Å²) < 4.78 is 0. The molecule has 0 aliphatic carbocycles. The van der Waals surface area contributed by atoms with Crippen LogP contribution in [0.1, 0.15) is 48.5 Å². The first-order valence-corrected chi connectivity index (χ1v) is 12.0. The van der Waals surface area contributed by atoms with E-state index in [4.69, 9.17) is 0 Å². The molecule has 0 bridgehead atoms. The zero-order valence-corrected chi connectivity index (χ0v) is 20.9. The Morgan fingerprint density at radius 2 is 1.75 bits per heavy atom. The van der Waals surface area contributed by atoms with Crippen LogP contribution >= 0.6 is 0 Å². The molecule has 0 spiro atoms. The van der Waals surface area contributed by atoms with Crippen LogP contribution in [0.15, 0.2) is 96.0 Å². The van der Waals surface area contributed by atoms with E-state index in [0.717, 1.165) is 36.9 Å². The Balaban J connectivity index is 1.94. The number of amides is 2. The molecule has 2 amide bonds. The van der Waals surface area contributed by atoms with Gasteiger partial charge < -0.3 is 16.0 Å². The third-order valence-corrected chi connectivity index (χ3v) is 4.97. The summed E-state index contributed by atoms with van der Waals surface area (Å²) in [6.07, 6.45) is 13.1. The van der Waals surface area contributed by atoms with Crippen LogP contribution in [-0.4, -0.2) is 30.5 Å². The highest BCUT2D eigenvalue weighted by Crippen LogP contribution is 2.13. The number of aliphatic imine (C=N–C) groups is 2. The van der Waals surface area contributed by atoms with Crippen LogP contribution in [0.4, 0.5) is 11.4 Å². The van der Waals surface area contributed by atoms with E-state index in [1.165, 1.54) is 6.92 Å². The third-order valence-electron chi connectivity index (χ3n) is 4.97. The summed E-state index contributed by atoms with van der Waals surface area (Å²) in [5.41, 5.74) is 2.96. The van der Waals surface area contributed by atoms with Crippen LogP contribution in [0.2, 0.25) is 0 Å². The largest absolute Gasteiger partial charge is 0.352 e. The number of carbonyl (C=O) groups is 2. The van der Waals surface area contributed by atoms with Gasteiger partial charge in [0, 0.05) is 36.6 Å². The predicted octanol–water partition coefficient (Wildman–Crippen LogP) is 5.90. The number of hydrogen-bond acceptors (Lipinski definition) is 3. The maximum absolute atomic E-state index is 12.6. The van der Waals surface area contributed by atoms with Gasteiger partial charge in [-0.2, -0.15) is 0 Å². The highest BCUT2D eigenvalue weighted by Gasteiger charge is 2.07. The number of anilines is 2. The van der Waals surface area contributed by atoms with E-state index >= 15 is 0 Å². The number of hydrogen-bond donors (Lipinski definition) is 3. The van der Waals surface area contributed by atoms with E-state index < -0.39 is 0 Å². The molecule has 36 heavy (non-hydrogen) atoms. The Morgan fingerprint density at radius 3 is 2.47 bits per heavy atom. The zero-order chi connectivity index (χ0) is 26.0. The number of benzene rings is 2. The first-order valence-electron chi connectivity index (χ1n) is 12.0. The SMILES string of the molecule is C=CC=NC(=NCc1ccc(NC(C)=O)cc1)Nc1cccc(C(=O)NCCCCC/C=C\C=C)c1. The Bertz CT molecular complexity index is 1100. The van der Waals surface area contributed by atoms with Gasteiger partial charge >= 0.3 is 0 Å². The summed E-state index contributed by atoms with van der Waals surface area (Å²) in [7, 11) is 0. The molecular formula is C29H35N5O2. The summed E-state index contributed by atoms with van der Waals surface area (Å²) in [5.74, 6) is 0.163. The van der Waals surface area contributed by atoms with Gasteiger partial charge in [0.1, 0.15) is 0 Å². The molecular weight excluding hydrogens is 450 g/mol. The first kappa shape index (κ1) is 28.0. The average Bonchev–Trinajstić information content (AvgIpc) is 2.87. The lowest BCUT2D eigenvalue weighted by molar-refractivity contribution is -0.114. The molecule has 0 radical (unpaired) electrons. The summed E-state index contributed by atoms with van der Waals surface area (Å²) in [5, 5.41) is 8.89. The van der Waals surface area contributed by atoms with Gasteiger partial charge in [0.2, 0.25) is 11.9 Å². The maximum atomic E-state index is 12.6. The fourth-order valence-electron chi connectivity index (χ4n) is 3.23. The van der Waals surface area contributed by atoms with E-state index in [0.29, 0.717) is 30.3 Å². The average molecular weight is 486 g/mol. The monoisotopic (exact) mass is 485 g/mol. The van der Waals surface area contributed by atoms with Gasteiger partial charge in [0.25, 0.3) is 5.91 Å². The van der Waals surface area contributed by atoms with E-state index in [2.05, 4.69) is 45.2 Å². The lowest BCUT2D eigenvalue weighted by Crippen LogP contribution is -2.24. The summed E-state index contributed by atoms with van der Waals surface area (Å²) in [6.45, 7) is 9.82. The molecule has 7 heteroatoms. The minimum absolute atomic E-state index is 0.113. The summed E-state index contributed by atoms with van der Waals surface area (Å²) in [6, 6.07) is 14.7. The fourth-order valence-corrected chi connectivity index (χ4v) is 3.23. The smallest absolute Gasteiger partial charge is 0.251 e. The molecule has 0 saturated carbocycles. The van der Waals surface area contributed by atoms with Crippen LogP contribution in [0.5, 0.6) is 0 Å². The molecule has 2 aromatic rings. The van der Waals surface area contributed by atoms with Crippen LogP contribution in [-0.2, 0) is 11.3 Å². The maximum Gasteiger partial charge on any atom is 0.251 e. The molecule has 188 valence electrons. The van der Waals surface area contributed by atoms with Crippen molar-refractivity contribution in [2.45, 2.75) is 39.2 Å². The standard InChI is InChI=1S/C29H35N5O2/c1-4-6-7-8-9-10-11-20-30-28(36)25-13-12-14-27(21-25)34-29(31-19-5-2)32-22-24-15-17-26(18-16-24)33-23(3)35/h4-7,12-19,21H,1-2,8-11,20,22H2,3H3,(H,30,36)(H,32,34)(H,33,35)/b7-6-,31-19?. The minimum Gasteiger partial charge on any atom is -0.352 e. The summed E-state index contributed by atoms with van der Waals surface area (Å²) >= 11 is 0. The van der Waals surface area contributed by atoms with Gasteiger partial charge in [-0.1, -0.05) is 62.1 Å². The van der Waals surface area contributed by atoms with Crippen molar-refractivity contribution < 1.29 is 9.59 Å². The Kier molecular flexibility index (Phi) is 12.7. The Morgan fingerprint density at radius 1 is 0.944 bits per heavy atom. The quantitative estimate of drug-likeness (QED) is 0.143. The molecule has 0 aliphatic heterocycles. The van der Waals surface area contributed by atoms with Crippen molar-refractivity contribution in [1.29, 1.82) is 0 Å². The molecule has 0 fully saturated rings. The molecule has 0 aliphatic rings. The van der Waals surface area contributed by atoms with Crippen LogP contribution in [0.3, 0.4) is 0 Å². The fraction of sp³-hybridized carbons (Fsp3) is 0.241. The molecule has 0 saturated heterocycles. The molecule has 0 heterocycles. The molecule has 0 atom stereocenters. The van der Waals surface area contributed by atoms with Gasteiger partial charge in [-0.15, -0.1) is 0 Å². The van der Waals surface area contributed by atoms with Crippen molar-refractivity contribution in [1.82, 2.24) is 5.32 Å². The van der Waals surface area contributed by atoms with Crippen molar-refractivity contribution in [2.75, 3.05) is 17.2 Å². The van der Waals surface area contributed by atoms with Crippen molar-refractivity contribution in [3.63, 3.8) is 0 Å². The highest BCUT2D eigenvalue weighted by atomic mass is 16.2. The second-order valence-corrected chi connectivity index (χ2v) is 8.01. The molecule has 0 unspecified atom stereocenters. The predicted molar refractivity (Wildman–Crippen MR) is 151 cm³/mol. The number of rotatable bonds is 13. The van der Waals surface area contributed by atoms with Gasteiger partial charge in [-0.25, -0.2) is 9.98 Å². The van der Waals surface area contributed by atoms with Crippen LogP contribution in [0, 0.1) is 0 Å². The van der Waals surface area contributed by atoms with E-state index in [-0.39, 0.29) is 11.8 Å². The molecule has 2 rings (SSSR count). The van der Waals surface area contributed by atoms with Crippen LogP contribution in [0.25, 0.3) is 0 Å². The van der Waals surface area contributed by atoms with Crippen LogP contribution < -0.4 is 16.0 Å². The number of allylic oxidation sites excluding steroid dienone is 4. The Hall–Kier alpha value is -4.26. The number of carbonyl (C=O) groups excluding carboxylic acids is 2. The van der Waals surface area contributed by atoms with Gasteiger partial charge in [0.05, 0.1) is 6.54 Å². The third kappa shape index (κ3) is 11.2. The normalized spacial score (nSPS) is 11.4. The lowest BCUT2D eigenvalue weighted by Gasteiger charge is -2.09. The second-order valence-electron chi connectivity index (χ2n) is 8.01. The molecule has 3 N–H and O–H groups in total. The topological polar surface area (TPSA) is 94.9 Å². The number of guanidine groups is 1. The number of nitrogens with one attached hydrogen (secondary N) is 3. The highest BCUT2D eigenvalue weighted by molar-refractivity contribution is 6.01. The molecule has 7 nitrogen and oxygen atoms in total. The number of nitrogens with zero attached hydrogens (tertiary/aromatic N) is 2. The van der Waals surface area contributed by atoms with Crippen molar-refractivity contribution in [3.05, 3.63) is 97.1 Å². The molecule has 0 aromatic heterocycles. The first-order chi connectivity index (χ1) is 17.5. The summed E-state index contributed by atoms with van der Waals surface area (Å²) in [4.78, 5) is 32.6. The Labute approximate surface area is 213 Å².